The fourth-order valence-electron chi connectivity index (χ4n) is 3.97. The van der Waals surface area contributed by atoms with Gasteiger partial charge in [-0.15, -0.1) is 0 Å². The summed E-state index contributed by atoms with van der Waals surface area (Å²) < 4.78 is 6.92. The van der Waals surface area contributed by atoms with Gasteiger partial charge in [-0.05, 0) is 31.0 Å². The number of imidazole rings is 1. The fraction of sp³-hybridized carbons (Fsp3) is 0.381. The van der Waals surface area contributed by atoms with Gasteiger partial charge in [-0.25, -0.2) is 15.0 Å². The Bertz CT molecular complexity index is 1190. The van der Waals surface area contributed by atoms with E-state index >= 15 is 0 Å². The molecule has 12 heteroatoms. The molecule has 3 heterocycles. The monoisotopic (exact) mass is 449 g/mol. The van der Waals surface area contributed by atoms with E-state index in [1.165, 1.54) is 6.33 Å². The largest absolute Gasteiger partial charge is 0.465 e. The SMILES string of the molecule is CCOC(=O)CN1C[C@@H](N=[N+]=[N-])C[C@@H]1Cn1cnc2c(NC(=O)c3ccccc3)ncnc21. The fourth-order valence-corrected chi connectivity index (χ4v) is 3.97. The van der Waals surface area contributed by atoms with Crippen LogP contribution in [-0.4, -0.2) is 68.1 Å². The molecule has 3 aromatic rings. The van der Waals surface area contributed by atoms with Crippen molar-refractivity contribution in [3.63, 3.8) is 0 Å². The molecule has 4 rings (SSSR count). The van der Waals surface area contributed by atoms with Crippen LogP contribution < -0.4 is 5.32 Å². The molecule has 1 amide bonds. The maximum absolute atomic E-state index is 12.5. The van der Waals surface area contributed by atoms with Crippen molar-refractivity contribution in [2.75, 3.05) is 25.0 Å². The smallest absolute Gasteiger partial charge is 0.320 e. The first kappa shape index (κ1) is 22.2. The van der Waals surface area contributed by atoms with Gasteiger partial charge in [0.2, 0.25) is 0 Å². The van der Waals surface area contributed by atoms with E-state index in [0.29, 0.717) is 48.7 Å². The van der Waals surface area contributed by atoms with Crippen LogP contribution in [0, 0.1) is 0 Å². The van der Waals surface area contributed by atoms with E-state index in [4.69, 9.17) is 10.3 Å². The number of anilines is 1. The lowest BCUT2D eigenvalue weighted by Gasteiger charge is -2.23. The molecule has 0 spiro atoms. The van der Waals surface area contributed by atoms with Gasteiger partial charge in [0.05, 0.1) is 25.5 Å². The second kappa shape index (κ2) is 10.1. The van der Waals surface area contributed by atoms with Gasteiger partial charge in [-0.2, -0.15) is 0 Å². The molecule has 33 heavy (non-hydrogen) atoms. The van der Waals surface area contributed by atoms with Gasteiger partial charge in [0.15, 0.2) is 17.0 Å². The van der Waals surface area contributed by atoms with Crippen LogP contribution in [0.4, 0.5) is 5.82 Å². The number of carbonyl (C=O) groups is 2. The number of hydrogen-bond acceptors (Lipinski definition) is 8. The Morgan fingerprint density at radius 2 is 2.09 bits per heavy atom. The molecule has 0 bridgehead atoms. The number of aromatic nitrogens is 4. The molecule has 2 aromatic heterocycles. The van der Waals surface area contributed by atoms with E-state index < -0.39 is 0 Å². The molecule has 12 nitrogen and oxygen atoms in total. The number of hydrogen-bond donors (Lipinski definition) is 1. The zero-order valence-electron chi connectivity index (χ0n) is 18.0. The summed E-state index contributed by atoms with van der Waals surface area (Å²) in [5.41, 5.74) is 10.4. The predicted molar refractivity (Wildman–Crippen MR) is 119 cm³/mol. The second-order valence-corrected chi connectivity index (χ2v) is 7.59. The van der Waals surface area contributed by atoms with Crippen molar-refractivity contribution in [3.8, 4) is 0 Å². The van der Waals surface area contributed by atoms with Crippen LogP contribution in [0.1, 0.15) is 23.7 Å². The maximum Gasteiger partial charge on any atom is 0.320 e. The van der Waals surface area contributed by atoms with E-state index in [0.717, 1.165) is 0 Å². The molecule has 1 aliphatic heterocycles. The van der Waals surface area contributed by atoms with Gasteiger partial charge in [-0.1, -0.05) is 23.3 Å². The summed E-state index contributed by atoms with van der Waals surface area (Å²) in [7, 11) is 0. The summed E-state index contributed by atoms with van der Waals surface area (Å²) in [6, 6.07) is 8.51. The van der Waals surface area contributed by atoms with E-state index in [9.17, 15) is 9.59 Å². The highest BCUT2D eigenvalue weighted by atomic mass is 16.5. The molecule has 1 aliphatic rings. The molecule has 0 aliphatic carbocycles. The molecule has 1 aromatic carbocycles. The minimum Gasteiger partial charge on any atom is -0.465 e. The third-order valence-electron chi connectivity index (χ3n) is 5.43. The number of ether oxygens (including phenoxy) is 1. The van der Waals surface area contributed by atoms with Crippen molar-refractivity contribution in [2.45, 2.75) is 32.0 Å². The molecule has 1 N–H and O–H groups in total. The van der Waals surface area contributed by atoms with Gasteiger partial charge in [0.25, 0.3) is 5.91 Å². The van der Waals surface area contributed by atoms with Crippen LogP contribution >= 0.6 is 0 Å². The van der Waals surface area contributed by atoms with Crippen LogP contribution in [0.5, 0.6) is 0 Å². The average molecular weight is 449 g/mol. The van der Waals surface area contributed by atoms with E-state index in [1.807, 2.05) is 15.5 Å². The Balaban J connectivity index is 1.54. The third kappa shape index (κ3) is 5.08. The van der Waals surface area contributed by atoms with Gasteiger partial charge < -0.3 is 14.6 Å². The number of benzene rings is 1. The standard InChI is InChI=1S/C21H23N9O3/c1-2-33-17(31)11-29-9-15(27-28-22)8-16(29)10-30-13-25-18-19(23-12-24-20(18)30)26-21(32)14-6-4-3-5-7-14/h3-7,12-13,15-16H,2,8-11H2,1H3,(H,23,24,26,32)/t15-,16+/m0/s1. The molecule has 0 radical (unpaired) electrons. The van der Waals surface area contributed by atoms with Gasteiger partial charge in [-0.3, -0.25) is 14.5 Å². The number of rotatable bonds is 8. The zero-order chi connectivity index (χ0) is 23.2. The van der Waals surface area contributed by atoms with Crippen LogP contribution in [0.15, 0.2) is 48.1 Å². The van der Waals surface area contributed by atoms with Gasteiger partial charge in [0, 0.05) is 29.6 Å². The Hall–Kier alpha value is -4.02. The molecule has 1 saturated heterocycles. The van der Waals surface area contributed by atoms with Crippen molar-refractivity contribution < 1.29 is 14.3 Å². The first-order valence-corrected chi connectivity index (χ1v) is 10.5. The number of likely N-dealkylation sites (tertiary alicyclic amines) is 1. The van der Waals surface area contributed by atoms with Crippen molar-refractivity contribution in [2.24, 2.45) is 5.11 Å². The number of carbonyl (C=O) groups excluding carboxylic acids is 2. The van der Waals surface area contributed by atoms with Crippen LogP contribution in [0.2, 0.25) is 0 Å². The summed E-state index contributed by atoms with van der Waals surface area (Å²) in [4.78, 5) is 42.4. The number of nitrogens with one attached hydrogen (secondary N) is 1. The highest BCUT2D eigenvalue weighted by Gasteiger charge is 2.33. The Morgan fingerprint density at radius 3 is 2.85 bits per heavy atom. The number of amides is 1. The number of nitrogens with zero attached hydrogens (tertiary/aromatic N) is 8. The summed E-state index contributed by atoms with van der Waals surface area (Å²) in [5.74, 6) is -0.305. The summed E-state index contributed by atoms with van der Waals surface area (Å²) >= 11 is 0. The minimum atomic E-state index is -0.326. The molecule has 1 fully saturated rings. The lowest BCUT2D eigenvalue weighted by molar-refractivity contribution is -0.144. The quantitative estimate of drug-likeness (QED) is 0.240. The molecule has 2 atom stereocenters. The first-order valence-electron chi connectivity index (χ1n) is 10.5. The van der Waals surface area contributed by atoms with E-state index in [-0.39, 0.29) is 30.5 Å². The van der Waals surface area contributed by atoms with Crippen molar-refractivity contribution >= 4 is 28.9 Å². The lowest BCUT2D eigenvalue weighted by atomic mass is 10.2. The molecular weight excluding hydrogens is 426 g/mol. The van der Waals surface area contributed by atoms with E-state index in [1.54, 1.807) is 37.5 Å². The molecular formula is C21H23N9O3. The van der Waals surface area contributed by atoms with Gasteiger partial charge >= 0.3 is 5.97 Å². The number of esters is 1. The normalized spacial score (nSPS) is 18.1. The molecule has 0 saturated carbocycles. The second-order valence-electron chi connectivity index (χ2n) is 7.59. The lowest BCUT2D eigenvalue weighted by Crippen LogP contribution is -2.37. The molecule has 0 unspecified atom stereocenters. The number of azide groups is 1. The summed E-state index contributed by atoms with van der Waals surface area (Å²) in [6.45, 7) is 3.10. The predicted octanol–water partition coefficient (Wildman–Crippen LogP) is 2.39. The first-order chi connectivity index (χ1) is 16.1. The van der Waals surface area contributed by atoms with Crippen molar-refractivity contribution in [1.82, 2.24) is 24.4 Å². The topological polar surface area (TPSA) is 151 Å². The summed E-state index contributed by atoms with van der Waals surface area (Å²) in [5, 5.41) is 6.62. The number of fused-ring (bicyclic) bond motifs is 1. The van der Waals surface area contributed by atoms with Crippen molar-refractivity contribution in [1.29, 1.82) is 0 Å². The Morgan fingerprint density at radius 1 is 1.27 bits per heavy atom. The minimum absolute atomic E-state index is 0.0837. The average Bonchev–Trinajstić information content (AvgIpc) is 3.39. The highest BCUT2D eigenvalue weighted by molar-refractivity contribution is 6.06. The van der Waals surface area contributed by atoms with Crippen LogP contribution in [-0.2, 0) is 16.1 Å². The van der Waals surface area contributed by atoms with Crippen LogP contribution in [0.3, 0.4) is 0 Å². The van der Waals surface area contributed by atoms with Gasteiger partial charge in [0.1, 0.15) is 6.33 Å². The third-order valence-corrected chi connectivity index (χ3v) is 5.43. The highest BCUT2D eigenvalue weighted by Crippen LogP contribution is 2.25. The maximum atomic E-state index is 12.5. The Kier molecular flexibility index (Phi) is 6.77. The van der Waals surface area contributed by atoms with Crippen LogP contribution in [0.25, 0.3) is 21.6 Å². The Labute approximate surface area is 189 Å². The molecule has 170 valence electrons. The summed E-state index contributed by atoms with van der Waals surface area (Å²) in [6.07, 6.45) is 3.59. The zero-order valence-corrected chi connectivity index (χ0v) is 18.0. The van der Waals surface area contributed by atoms with E-state index in [2.05, 4.69) is 30.3 Å². The van der Waals surface area contributed by atoms with Crippen molar-refractivity contribution in [3.05, 3.63) is 59.0 Å².